The topological polar surface area (TPSA) is 52.6 Å². The maximum absolute atomic E-state index is 12.2. The van der Waals surface area contributed by atoms with Gasteiger partial charge in [-0.3, -0.25) is 0 Å². The molecule has 2 aliphatic carbocycles. The van der Waals surface area contributed by atoms with Gasteiger partial charge in [-0.1, -0.05) is 0 Å². The molecule has 1 radical (unpaired) electrons. The molecule has 2 aliphatic rings. The van der Waals surface area contributed by atoms with Gasteiger partial charge >= 0.3 is 12.4 Å². The van der Waals surface area contributed by atoms with Crippen LogP contribution in [0.2, 0.25) is 0 Å². The van der Waals surface area contributed by atoms with Crippen LogP contribution in [0.15, 0.2) is 0 Å². The predicted molar refractivity (Wildman–Crippen MR) is 60.9 cm³/mol. The lowest BCUT2D eigenvalue weighted by atomic mass is 10.0. The summed E-state index contributed by atoms with van der Waals surface area (Å²) in [5, 5.41) is 0. The highest BCUT2D eigenvalue weighted by Gasteiger charge is 2.48. The maximum Gasteiger partial charge on any atom is 0.418 e. The number of ether oxygens (including phenoxy) is 2. The molecule has 0 aromatic rings. The summed E-state index contributed by atoms with van der Waals surface area (Å²) in [4.78, 5) is 22.6. The largest absolute Gasteiger partial charge is 0.456 e. The first-order valence-corrected chi connectivity index (χ1v) is 6.39. The van der Waals surface area contributed by atoms with Crippen molar-refractivity contribution in [2.75, 3.05) is 0 Å². The molecule has 17 heavy (non-hydrogen) atoms. The van der Waals surface area contributed by atoms with E-state index in [4.69, 9.17) is 9.47 Å². The van der Waals surface area contributed by atoms with Gasteiger partial charge in [0.2, 0.25) is 5.60 Å². The fourth-order valence-electron chi connectivity index (χ4n) is 2.92. The molecule has 95 valence electrons. The monoisotopic (exact) mass is 239 g/mol. The van der Waals surface area contributed by atoms with Crippen LogP contribution in [0.1, 0.15) is 58.3 Å². The average molecular weight is 239 g/mol. The first kappa shape index (κ1) is 12.4. The van der Waals surface area contributed by atoms with Crippen LogP contribution in [-0.4, -0.2) is 23.6 Å². The van der Waals surface area contributed by atoms with Crippen molar-refractivity contribution in [3.05, 3.63) is 0 Å². The van der Waals surface area contributed by atoms with Crippen molar-refractivity contribution in [2.24, 2.45) is 0 Å². The number of rotatable bonds is 4. The van der Waals surface area contributed by atoms with Crippen molar-refractivity contribution in [1.82, 2.24) is 0 Å². The quantitative estimate of drug-likeness (QED) is 0.706. The molecule has 0 spiro atoms. The van der Waals surface area contributed by atoms with Crippen molar-refractivity contribution in [2.45, 2.75) is 69.5 Å². The van der Waals surface area contributed by atoms with E-state index in [1.807, 2.05) is 6.92 Å². The SMILES string of the molecule is CC1(OC(=O)C2(O[C]=O)CCCC2)CCCC1. The molecule has 0 atom stereocenters. The highest BCUT2D eigenvalue weighted by molar-refractivity contribution is 5.81. The maximum atomic E-state index is 12.2. The average Bonchev–Trinajstić information content (AvgIpc) is 2.89. The highest BCUT2D eigenvalue weighted by Crippen LogP contribution is 2.38. The summed E-state index contributed by atoms with van der Waals surface area (Å²) in [5.74, 6) is -0.372. The fraction of sp³-hybridized carbons (Fsp3) is 0.846. The van der Waals surface area contributed by atoms with Crippen molar-refractivity contribution in [1.29, 1.82) is 0 Å². The van der Waals surface area contributed by atoms with Gasteiger partial charge in [-0.2, -0.15) is 0 Å². The van der Waals surface area contributed by atoms with E-state index in [-0.39, 0.29) is 11.6 Å². The Kier molecular flexibility index (Phi) is 3.40. The summed E-state index contributed by atoms with van der Waals surface area (Å²) >= 11 is 0. The normalized spacial score (nSPS) is 25.5. The molecule has 0 unspecified atom stereocenters. The zero-order valence-corrected chi connectivity index (χ0v) is 10.3. The molecule has 0 aromatic carbocycles. The third kappa shape index (κ3) is 2.45. The van der Waals surface area contributed by atoms with Crippen molar-refractivity contribution in [3.63, 3.8) is 0 Å². The van der Waals surface area contributed by atoms with Gasteiger partial charge in [0.25, 0.3) is 0 Å². The van der Waals surface area contributed by atoms with Gasteiger partial charge in [0, 0.05) is 0 Å². The standard InChI is InChI=1S/C13H19O4/c1-12(6-2-3-7-12)17-11(15)13(16-10-14)8-4-5-9-13/h2-9H2,1H3. The van der Waals surface area contributed by atoms with Gasteiger partial charge in [-0.05, 0) is 58.3 Å². The molecule has 0 heterocycles. The van der Waals surface area contributed by atoms with Crippen LogP contribution in [0.5, 0.6) is 0 Å². The third-order valence-corrected chi connectivity index (χ3v) is 4.02. The van der Waals surface area contributed by atoms with Crippen LogP contribution in [0, 0.1) is 0 Å². The second-order valence-electron chi connectivity index (χ2n) is 5.43. The number of carbonyl (C=O) groups is 1. The van der Waals surface area contributed by atoms with E-state index in [0.717, 1.165) is 38.5 Å². The molecule has 0 amide bonds. The van der Waals surface area contributed by atoms with Crippen molar-refractivity contribution < 1.29 is 19.1 Å². The minimum atomic E-state index is -1.05. The fourth-order valence-corrected chi connectivity index (χ4v) is 2.92. The Morgan fingerprint density at radius 1 is 1.06 bits per heavy atom. The second-order valence-corrected chi connectivity index (χ2v) is 5.43. The first-order chi connectivity index (χ1) is 8.10. The summed E-state index contributed by atoms with van der Waals surface area (Å²) in [6.07, 6.45) is 6.92. The third-order valence-electron chi connectivity index (χ3n) is 4.02. The summed E-state index contributed by atoms with van der Waals surface area (Å²) < 4.78 is 10.5. The van der Waals surface area contributed by atoms with E-state index in [0.29, 0.717) is 12.8 Å². The van der Waals surface area contributed by atoms with E-state index in [9.17, 15) is 9.59 Å². The Labute approximate surface area is 102 Å². The van der Waals surface area contributed by atoms with E-state index in [1.54, 1.807) is 0 Å². The van der Waals surface area contributed by atoms with Crippen LogP contribution >= 0.6 is 0 Å². The van der Waals surface area contributed by atoms with Crippen molar-refractivity contribution >= 4 is 12.4 Å². The Morgan fingerprint density at radius 3 is 2.12 bits per heavy atom. The molecule has 2 fully saturated rings. The molecular formula is C13H19O4. The Bertz CT molecular complexity index is 299. The van der Waals surface area contributed by atoms with Gasteiger partial charge in [0.15, 0.2) is 0 Å². The number of hydrogen-bond acceptors (Lipinski definition) is 4. The Hall–Kier alpha value is -1.06. The van der Waals surface area contributed by atoms with Crippen LogP contribution in [0.4, 0.5) is 0 Å². The van der Waals surface area contributed by atoms with Gasteiger partial charge < -0.3 is 9.47 Å². The molecule has 4 heteroatoms. The number of carbonyl (C=O) groups excluding carboxylic acids is 2. The summed E-state index contributed by atoms with van der Waals surface area (Å²) in [6.45, 7) is 3.38. The molecule has 2 rings (SSSR count). The molecule has 0 bridgehead atoms. The van der Waals surface area contributed by atoms with E-state index < -0.39 is 5.60 Å². The molecule has 0 N–H and O–H groups in total. The lowest BCUT2D eigenvalue weighted by Gasteiger charge is -2.31. The molecular weight excluding hydrogens is 220 g/mol. The number of esters is 1. The predicted octanol–water partition coefficient (Wildman–Crippen LogP) is 2.26. The van der Waals surface area contributed by atoms with Gasteiger partial charge in [0.1, 0.15) is 5.60 Å². The van der Waals surface area contributed by atoms with E-state index >= 15 is 0 Å². The van der Waals surface area contributed by atoms with Gasteiger partial charge in [0.05, 0.1) is 0 Å². The van der Waals surface area contributed by atoms with Gasteiger partial charge in [-0.25, -0.2) is 9.59 Å². The smallest absolute Gasteiger partial charge is 0.418 e. The Balaban J connectivity index is 2.04. The first-order valence-electron chi connectivity index (χ1n) is 6.39. The lowest BCUT2D eigenvalue weighted by Crippen LogP contribution is -2.44. The second kappa shape index (κ2) is 4.67. The zero-order chi connectivity index (χ0) is 12.4. The van der Waals surface area contributed by atoms with Crippen LogP contribution in [0.25, 0.3) is 0 Å². The summed E-state index contributed by atoms with van der Waals surface area (Å²) in [5.41, 5.74) is -1.41. The molecule has 0 aliphatic heterocycles. The van der Waals surface area contributed by atoms with Crippen LogP contribution in [-0.2, 0) is 19.1 Å². The van der Waals surface area contributed by atoms with Crippen molar-refractivity contribution in [3.8, 4) is 0 Å². The summed E-state index contributed by atoms with van der Waals surface area (Å²) in [6, 6.07) is 0. The summed E-state index contributed by atoms with van der Waals surface area (Å²) in [7, 11) is 0. The van der Waals surface area contributed by atoms with Gasteiger partial charge in [-0.15, -0.1) is 0 Å². The van der Waals surface area contributed by atoms with Crippen LogP contribution < -0.4 is 0 Å². The minimum Gasteiger partial charge on any atom is -0.456 e. The zero-order valence-electron chi connectivity index (χ0n) is 10.3. The van der Waals surface area contributed by atoms with E-state index in [1.165, 1.54) is 6.47 Å². The lowest BCUT2D eigenvalue weighted by molar-refractivity contribution is -0.177. The molecule has 2 saturated carbocycles. The van der Waals surface area contributed by atoms with E-state index in [2.05, 4.69) is 0 Å². The highest BCUT2D eigenvalue weighted by atomic mass is 16.6. The Morgan fingerprint density at radius 2 is 1.59 bits per heavy atom. The molecule has 4 nitrogen and oxygen atoms in total. The molecule has 0 saturated heterocycles. The van der Waals surface area contributed by atoms with Crippen LogP contribution in [0.3, 0.4) is 0 Å². The number of hydrogen-bond donors (Lipinski definition) is 0. The molecule has 0 aromatic heterocycles. The minimum absolute atomic E-state index is 0.362.